The van der Waals surface area contributed by atoms with Crippen molar-refractivity contribution in [3.05, 3.63) is 106 Å². The molecule has 0 saturated carbocycles. The molecule has 0 bridgehead atoms. The maximum absolute atomic E-state index is 13.0. The van der Waals surface area contributed by atoms with Crippen molar-refractivity contribution in [1.82, 2.24) is 15.1 Å². The topological polar surface area (TPSA) is 73.2 Å². The van der Waals surface area contributed by atoms with Crippen LogP contribution >= 0.6 is 0 Å². The first kappa shape index (κ1) is 20.3. The minimum absolute atomic E-state index is 0.174. The van der Waals surface area contributed by atoms with Crippen molar-refractivity contribution in [2.75, 3.05) is 13.2 Å². The normalized spacial score (nSPS) is 10.7. The molecule has 6 nitrogen and oxygen atoms in total. The third-order valence-electron chi connectivity index (χ3n) is 4.73. The Kier molecular flexibility index (Phi) is 6.03. The summed E-state index contributed by atoms with van der Waals surface area (Å²) >= 11 is 0. The number of halogens is 1. The van der Waals surface area contributed by atoms with Crippen LogP contribution in [0.25, 0.3) is 10.8 Å². The second kappa shape index (κ2) is 9.21. The number of carbonyl (C=O) groups is 1. The Morgan fingerprint density at radius 2 is 1.61 bits per heavy atom. The number of hydrogen-bond acceptors (Lipinski definition) is 4. The highest BCUT2D eigenvalue weighted by Crippen LogP contribution is 2.14. The zero-order chi connectivity index (χ0) is 21.6. The summed E-state index contributed by atoms with van der Waals surface area (Å²) in [5.41, 5.74) is 0.829. The number of amides is 1. The van der Waals surface area contributed by atoms with Crippen LogP contribution in [0.4, 0.5) is 4.39 Å². The van der Waals surface area contributed by atoms with E-state index in [9.17, 15) is 14.0 Å². The number of hydrogen-bond donors (Lipinski definition) is 1. The van der Waals surface area contributed by atoms with Crippen molar-refractivity contribution in [3.8, 4) is 5.75 Å². The summed E-state index contributed by atoms with van der Waals surface area (Å²) in [6.07, 6.45) is 0. The van der Waals surface area contributed by atoms with Gasteiger partial charge in [-0.15, -0.1) is 0 Å². The van der Waals surface area contributed by atoms with E-state index < -0.39 is 5.91 Å². The lowest BCUT2D eigenvalue weighted by atomic mass is 10.1. The Bertz CT molecular complexity index is 1250. The van der Waals surface area contributed by atoms with E-state index in [0.717, 1.165) is 5.56 Å². The fraction of sp³-hybridized carbons (Fsp3) is 0.125. The Hall–Kier alpha value is -4.00. The summed E-state index contributed by atoms with van der Waals surface area (Å²) in [5.74, 6) is -0.236. The molecule has 4 rings (SSSR count). The molecule has 1 amide bonds. The molecular formula is C24H20FN3O3. The van der Waals surface area contributed by atoms with E-state index in [4.69, 9.17) is 4.74 Å². The number of fused-ring (bicyclic) bond motifs is 1. The van der Waals surface area contributed by atoms with Gasteiger partial charge in [0, 0.05) is 5.39 Å². The molecule has 0 fully saturated rings. The van der Waals surface area contributed by atoms with Crippen LogP contribution in [0.3, 0.4) is 0 Å². The molecule has 1 N–H and O–H groups in total. The quantitative estimate of drug-likeness (QED) is 0.468. The lowest BCUT2D eigenvalue weighted by Gasteiger charge is -2.12. The molecule has 3 aromatic carbocycles. The van der Waals surface area contributed by atoms with Crippen LogP contribution in [0.15, 0.2) is 83.7 Å². The van der Waals surface area contributed by atoms with Crippen molar-refractivity contribution in [3.63, 3.8) is 0 Å². The van der Waals surface area contributed by atoms with Gasteiger partial charge in [0.15, 0.2) is 5.69 Å². The molecular weight excluding hydrogens is 397 g/mol. The van der Waals surface area contributed by atoms with Crippen molar-refractivity contribution in [2.24, 2.45) is 0 Å². The number of aromatic nitrogens is 2. The highest BCUT2D eigenvalue weighted by atomic mass is 19.1. The third kappa shape index (κ3) is 4.78. The number of nitrogens with one attached hydrogen (secondary N) is 1. The summed E-state index contributed by atoms with van der Waals surface area (Å²) in [4.78, 5) is 25.7. The fourth-order valence-electron chi connectivity index (χ4n) is 3.21. The van der Waals surface area contributed by atoms with Crippen LogP contribution in [0.2, 0.25) is 0 Å². The van der Waals surface area contributed by atoms with Gasteiger partial charge in [-0.25, -0.2) is 9.07 Å². The van der Waals surface area contributed by atoms with Gasteiger partial charge in [0.25, 0.3) is 11.5 Å². The molecule has 0 aliphatic carbocycles. The Balaban J connectivity index is 1.52. The van der Waals surface area contributed by atoms with Crippen LogP contribution in [-0.4, -0.2) is 28.8 Å². The highest BCUT2D eigenvalue weighted by Gasteiger charge is 2.16. The molecule has 31 heavy (non-hydrogen) atoms. The largest absolute Gasteiger partial charge is 0.492 e. The fourth-order valence-corrected chi connectivity index (χ4v) is 3.21. The summed E-state index contributed by atoms with van der Waals surface area (Å²) in [6.45, 7) is 0.696. The molecule has 156 valence electrons. The molecule has 0 saturated heterocycles. The lowest BCUT2D eigenvalue weighted by Crippen LogP contribution is -2.33. The second-order valence-electron chi connectivity index (χ2n) is 6.90. The Labute approximate surface area is 177 Å². The molecule has 0 spiro atoms. The number of nitrogens with zero attached hydrogens (tertiary/aromatic N) is 2. The first-order chi connectivity index (χ1) is 15.1. The van der Waals surface area contributed by atoms with Crippen molar-refractivity contribution in [1.29, 1.82) is 0 Å². The van der Waals surface area contributed by atoms with Gasteiger partial charge < -0.3 is 10.1 Å². The van der Waals surface area contributed by atoms with Gasteiger partial charge in [-0.05, 0) is 35.9 Å². The third-order valence-corrected chi connectivity index (χ3v) is 4.73. The Morgan fingerprint density at radius 3 is 2.35 bits per heavy atom. The molecule has 0 aliphatic heterocycles. The first-order valence-electron chi connectivity index (χ1n) is 9.82. The second-order valence-corrected chi connectivity index (χ2v) is 6.90. The minimum Gasteiger partial charge on any atom is -0.492 e. The van der Waals surface area contributed by atoms with E-state index in [1.54, 1.807) is 24.3 Å². The zero-order valence-corrected chi connectivity index (χ0v) is 16.6. The van der Waals surface area contributed by atoms with Crippen LogP contribution in [-0.2, 0) is 6.54 Å². The number of rotatable bonds is 7. The highest BCUT2D eigenvalue weighted by molar-refractivity contribution is 6.04. The maximum Gasteiger partial charge on any atom is 0.274 e. The van der Waals surface area contributed by atoms with Gasteiger partial charge in [0.05, 0.1) is 18.5 Å². The molecule has 0 atom stereocenters. The molecule has 1 aromatic heterocycles. The summed E-state index contributed by atoms with van der Waals surface area (Å²) < 4.78 is 19.8. The van der Waals surface area contributed by atoms with E-state index in [-0.39, 0.29) is 36.8 Å². The standard InChI is InChI=1S/C24H20FN3O3/c25-18-10-12-19(13-11-18)31-15-14-26-23(29)22-20-8-4-5-9-21(20)24(30)28(27-22)16-17-6-2-1-3-7-17/h1-13H,14-16H2,(H,26,29). The van der Waals surface area contributed by atoms with Gasteiger partial charge in [-0.2, -0.15) is 5.10 Å². The number of benzene rings is 3. The summed E-state index contributed by atoms with van der Waals surface area (Å²) in [7, 11) is 0. The molecule has 1 heterocycles. The van der Waals surface area contributed by atoms with E-state index in [1.807, 2.05) is 30.3 Å². The van der Waals surface area contributed by atoms with E-state index in [1.165, 1.54) is 28.9 Å². The summed E-state index contributed by atoms with van der Waals surface area (Å²) in [6, 6.07) is 22.0. The smallest absolute Gasteiger partial charge is 0.274 e. The number of ether oxygens (including phenoxy) is 1. The molecule has 4 aromatic rings. The minimum atomic E-state index is -0.402. The van der Waals surface area contributed by atoms with Crippen LogP contribution in [0.5, 0.6) is 5.75 Å². The number of carbonyl (C=O) groups excluding carboxylic acids is 1. The zero-order valence-electron chi connectivity index (χ0n) is 16.6. The average Bonchev–Trinajstić information content (AvgIpc) is 2.80. The van der Waals surface area contributed by atoms with Crippen LogP contribution < -0.4 is 15.6 Å². The van der Waals surface area contributed by atoms with Gasteiger partial charge >= 0.3 is 0 Å². The van der Waals surface area contributed by atoms with Crippen LogP contribution in [0.1, 0.15) is 16.1 Å². The van der Waals surface area contributed by atoms with Crippen molar-refractivity contribution in [2.45, 2.75) is 6.54 Å². The molecule has 0 aliphatic rings. The predicted octanol–water partition coefficient (Wildman–Crippen LogP) is 3.39. The van der Waals surface area contributed by atoms with Crippen LogP contribution in [0, 0.1) is 5.82 Å². The molecule has 0 radical (unpaired) electrons. The SMILES string of the molecule is O=C(NCCOc1ccc(F)cc1)c1nn(Cc2ccccc2)c(=O)c2ccccc12. The molecule has 0 unspecified atom stereocenters. The van der Waals surface area contributed by atoms with E-state index in [2.05, 4.69) is 10.4 Å². The average molecular weight is 417 g/mol. The van der Waals surface area contributed by atoms with Gasteiger partial charge in [-0.1, -0.05) is 48.5 Å². The monoisotopic (exact) mass is 417 g/mol. The summed E-state index contributed by atoms with van der Waals surface area (Å²) in [5, 5.41) is 8.05. The van der Waals surface area contributed by atoms with Gasteiger partial charge in [-0.3, -0.25) is 9.59 Å². The van der Waals surface area contributed by atoms with Crippen molar-refractivity contribution >= 4 is 16.7 Å². The van der Waals surface area contributed by atoms with E-state index in [0.29, 0.717) is 16.5 Å². The predicted molar refractivity (Wildman–Crippen MR) is 116 cm³/mol. The van der Waals surface area contributed by atoms with Gasteiger partial charge in [0.1, 0.15) is 18.2 Å². The Morgan fingerprint density at radius 1 is 0.935 bits per heavy atom. The maximum atomic E-state index is 13.0. The van der Waals surface area contributed by atoms with Crippen molar-refractivity contribution < 1.29 is 13.9 Å². The lowest BCUT2D eigenvalue weighted by molar-refractivity contribution is 0.0941. The first-order valence-corrected chi connectivity index (χ1v) is 9.82. The molecule has 7 heteroatoms. The van der Waals surface area contributed by atoms with E-state index >= 15 is 0 Å². The van der Waals surface area contributed by atoms with Gasteiger partial charge in [0.2, 0.25) is 0 Å².